The summed E-state index contributed by atoms with van der Waals surface area (Å²) in [5, 5.41) is 9.74. The van der Waals surface area contributed by atoms with Crippen molar-refractivity contribution in [1.29, 1.82) is 0 Å². The Kier molecular flexibility index (Phi) is 11.3. The number of alkyl carbamates (subject to hydrolysis) is 1. The number of ether oxygens (including phenoxy) is 2. The van der Waals surface area contributed by atoms with Crippen molar-refractivity contribution in [3.05, 3.63) is 64.4 Å². The first-order chi connectivity index (χ1) is 23.1. The van der Waals surface area contributed by atoms with Gasteiger partial charge >= 0.3 is 6.09 Å². The van der Waals surface area contributed by atoms with Crippen LogP contribution in [0.15, 0.2) is 42.5 Å². The highest BCUT2D eigenvalue weighted by molar-refractivity contribution is 7.89. The number of sulfonamides is 1. The normalized spacial score (nSPS) is 28.0. The van der Waals surface area contributed by atoms with Gasteiger partial charge in [-0.3, -0.25) is 4.79 Å². The Morgan fingerprint density at radius 1 is 1.04 bits per heavy atom. The molecule has 48 heavy (non-hydrogen) atoms. The largest absolute Gasteiger partial charge is 0.453 e. The van der Waals surface area contributed by atoms with E-state index >= 15 is 4.39 Å². The number of fused-ring (bicyclic) bond motifs is 2. The molecule has 2 saturated heterocycles. The maximum absolute atomic E-state index is 15.5. The van der Waals surface area contributed by atoms with Gasteiger partial charge in [0, 0.05) is 47.4 Å². The van der Waals surface area contributed by atoms with Gasteiger partial charge in [0.2, 0.25) is 15.9 Å². The van der Waals surface area contributed by atoms with E-state index in [9.17, 15) is 18.0 Å². The second-order valence-corrected chi connectivity index (χ2v) is 16.1. The molecule has 0 aromatic heterocycles. The third-order valence-electron chi connectivity index (χ3n) is 10.4. The molecule has 1 unspecified atom stereocenters. The molecule has 0 radical (unpaired) electrons. The molecule has 5 atom stereocenters. The molecule has 2 aliphatic carbocycles. The van der Waals surface area contributed by atoms with Crippen molar-refractivity contribution in [2.75, 3.05) is 31.3 Å². The number of methoxy groups -OCH3 is 1. The van der Waals surface area contributed by atoms with Gasteiger partial charge in [-0.25, -0.2) is 17.6 Å². The molecule has 2 aromatic carbocycles. The fourth-order valence-electron chi connectivity index (χ4n) is 7.68. The molecule has 262 valence electrons. The highest BCUT2D eigenvalue weighted by Gasteiger charge is 2.41. The second kappa shape index (κ2) is 15.4. The van der Waals surface area contributed by atoms with Crippen molar-refractivity contribution in [2.45, 2.75) is 100 Å². The zero-order chi connectivity index (χ0) is 33.8. The van der Waals surface area contributed by atoms with Crippen LogP contribution in [0.5, 0.6) is 0 Å². The van der Waals surface area contributed by atoms with Crippen molar-refractivity contribution < 1.29 is 31.9 Å². The van der Waals surface area contributed by atoms with Crippen molar-refractivity contribution in [2.24, 2.45) is 5.92 Å². The average molecular weight is 705 g/mol. The van der Waals surface area contributed by atoms with E-state index in [1.165, 1.54) is 19.2 Å². The minimum absolute atomic E-state index is 0.0447. The Bertz CT molecular complexity index is 1550. The summed E-state index contributed by atoms with van der Waals surface area (Å²) >= 11 is 6.24. The number of hydrogen-bond acceptors (Lipinski definition) is 7. The Morgan fingerprint density at radius 2 is 1.75 bits per heavy atom. The van der Waals surface area contributed by atoms with Crippen molar-refractivity contribution in [1.82, 2.24) is 14.9 Å². The lowest BCUT2D eigenvalue weighted by Gasteiger charge is -2.38. The maximum atomic E-state index is 15.5. The number of amides is 2. The van der Waals surface area contributed by atoms with Crippen LogP contribution >= 0.6 is 11.6 Å². The summed E-state index contributed by atoms with van der Waals surface area (Å²) in [6.45, 7) is 0.900. The Hall–Kier alpha value is -2.77. The predicted octanol–water partition coefficient (Wildman–Crippen LogP) is 5.36. The molecular formula is C35H46ClFN4O6S. The number of anilines is 1. The number of carbonyl (C=O) groups excluding carboxylic acids is 2. The number of nitrogens with zero attached hydrogens (tertiary/aromatic N) is 1. The van der Waals surface area contributed by atoms with Gasteiger partial charge in [0.15, 0.2) is 0 Å². The van der Waals surface area contributed by atoms with Gasteiger partial charge in [0.1, 0.15) is 11.9 Å². The van der Waals surface area contributed by atoms with E-state index in [0.29, 0.717) is 37.1 Å². The highest BCUT2D eigenvalue weighted by atomic mass is 35.5. The number of nitrogens with one attached hydrogen (secondary N) is 3. The van der Waals surface area contributed by atoms with E-state index in [1.54, 1.807) is 22.5 Å². The third-order valence-corrected chi connectivity index (χ3v) is 12.6. The van der Waals surface area contributed by atoms with Gasteiger partial charge < -0.3 is 25.4 Å². The van der Waals surface area contributed by atoms with E-state index in [-0.39, 0.29) is 47.5 Å². The van der Waals surface area contributed by atoms with Crippen molar-refractivity contribution in [3.63, 3.8) is 0 Å². The van der Waals surface area contributed by atoms with E-state index in [2.05, 4.69) is 16.0 Å². The average Bonchev–Trinajstić information content (AvgIpc) is 3.90. The fourth-order valence-corrected chi connectivity index (χ4v) is 9.62. The van der Waals surface area contributed by atoms with Crippen LogP contribution in [-0.4, -0.2) is 81.0 Å². The molecule has 3 N–H and O–H groups in total. The number of piperazine rings is 1. The molecule has 2 heterocycles. The Labute approximate surface area is 287 Å². The van der Waals surface area contributed by atoms with Crippen LogP contribution in [-0.2, 0) is 30.7 Å². The molecule has 10 nitrogen and oxygen atoms in total. The second-order valence-electron chi connectivity index (χ2n) is 13.6. The number of hydrogen-bond donors (Lipinski definition) is 3. The third kappa shape index (κ3) is 8.50. The molecule has 4 fully saturated rings. The Balaban J connectivity index is 1.23. The highest BCUT2D eigenvalue weighted by Crippen LogP contribution is 2.41. The first-order valence-electron chi connectivity index (χ1n) is 17.2. The Morgan fingerprint density at radius 3 is 2.44 bits per heavy atom. The monoisotopic (exact) mass is 704 g/mol. The predicted molar refractivity (Wildman–Crippen MR) is 182 cm³/mol. The minimum Gasteiger partial charge on any atom is -0.453 e. The maximum Gasteiger partial charge on any atom is 0.407 e. The van der Waals surface area contributed by atoms with Gasteiger partial charge in [-0.2, -0.15) is 4.31 Å². The summed E-state index contributed by atoms with van der Waals surface area (Å²) in [5.41, 5.74) is 1.43. The quantitative estimate of drug-likeness (QED) is 0.288. The SMILES string of the molecule is COC(=O)N[C@H](C(=O)Nc1cccc(F)c1CC[C@H]1CN[C@@H]2CCCS(=O)(=O)N1C2)[C@@H](c1ccc(Cl)cc1)C1CCC(OC2CC2)CC1. The van der Waals surface area contributed by atoms with E-state index < -0.39 is 39.8 Å². The van der Waals surface area contributed by atoms with Crippen LogP contribution in [0.25, 0.3) is 0 Å². The number of carbonyl (C=O) groups is 2. The lowest BCUT2D eigenvalue weighted by atomic mass is 9.72. The van der Waals surface area contributed by atoms with Crippen molar-refractivity contribution >= 4 is 39.3 Å². The zero-order valence-corrected chi connectivity index (χ0v) is 28.9. The molecular weight excluding hydrogens is 659 g/mol. The van der Waals surface area contributed by atoms with E-state index in [1.807, 2.05) is 12.1 Å². The molecule has 2 aromatic rings. The van der Waals surface area contributed by atoms with Crippen LogP contribution in [0.1, 0.15) is 74.8 Å². The van der Waals surface area contributed by atoms with Gasteiger partial charge in [-0.05, 0) is 100.0 Å². The molecule has 2 bridgehead atoms. The zero-order valence-electron chi connectivity index (χ0n) is 27.3. The van der Waals surface area contributed by atoms with Gasteiger partial charge in [0.05, 0.1) is 25.1 Å². The standard InChI is InChI=1S/C35H46ClFN4O6S/c1-46-35(43)40-33(32(22-7-11-24(36)12-8-22)23-9-14-27(15-10-23)47-28-16-17-28)34(42)39-31-6-2-5-30(37)29(31)18-13-26-20-38-25-4-3-19-48(44,45)41(26)21-25/h2,5-8,11-12,23,25-28,32-33,38H,3-4,9-10,13-21H2,1H3,(H,39,42)(H,40,43)/t23?,25-,26+,27?,32+,33+/m1/s1. The van der Waals surface area contributed by atoms with Crippen LogP contribution in [0, 0.1) is 11.7 Å². The van der Waals surface area contributed by atoms with Crippen molar-refractivity contribution in [3.8, 4) is 0 Å². The molecule has 6 rings (SSSR count). The summed E-state index contributed by atoms with van der Waals surface area (Å²) < 4.78 is 54.2. The molecule has 4 aliphatic rings. The smallest absolute Gasteiger partial charge is 0.407 e. The summed E-state index contributed by atoms with van der Waals surface area (Å²) in [6, 6.07) is 10.6. The van der Waals surface area contributed by atoms with E-state index in [0.717, 1.165) is 50.5 Å². The lowest BCUT2D eigenvalue weighted by molar-refractivity contribution is -0.119. The molecule has 0 spiro atoms. The van der Waals surface area contributed by atoms with Gasteiger partial charge in [0.25, 0.3) is 0 Å². The summed E-state index contributed by atoms with van der Waals surface area (Å²) in [5.74, 6) is -1.26. The summed E-state index contributed by atoms with van der Waals surface area (Å²) in [7, 11) is -2.15. The van der Waals surface area contributed by atoms with Gasteiger partial charge in [-0.1, -0.05) is 29.8 Å². The van der Waals surface area contributed by atoms with Crippen LogP contribution in [0.3, 0.4) is 0 Å². The number of halogens is 2. The molecule has 2 aliphatic heterocycles. The molecule has 2 saturated carbocycles. The van der Waals surface area contributed by atoms with Gasteiger partial charge in [-0.15, -0.1) is 0 Å². The lowest BCUT2D eigenvalue weighted by Crippen LogP contribution is -2.57. The van der Waals surface area contributed by atoms with Crippen LogP contribution < -0.4 is 16.0 Å². The van der Waals surface area contributed by atoms with Crippen LogP contribution in [0.2, 0.25) is 5.02 Å². The molecule has 2 amide bonds. The summed E-state index contributed by atoms with van der Waals surface area (Å²) in [6.07, 6.45) is 7.34. The minimum atomic E-state index is -3.40. The van der Waals surface area contributed by atoms with Crippen LogP contribution in [0.4, 0.5) is 14.9 Å². The number of rotatable bonds is 11. The molecule has 13 heteroatoms. The number of benzene rings is 2. The first kappa shape index (κ1) is 35.1. The fraction of sp³-hybridized carbons (Fsp3) is 0.600. The topological polar surface area (TPSA) is 126 Å². The van der Waals surface area contributed by atoms with E-state index in [4.69, 9.17) is 21.1 Å². The summed E-state index contributed by atoms with van der Waals surface area (Å²) in [4.78, 5) is 27.0. The first-order valence-corrected chi connectivity index (χ1v) is 19.2.